The van der Waals surface area contributed by atoms with E-state index in [0.29, 0.717) is 0 Å². The first kappa shape index (κ1) is 7.27. The Morgan fingerprint density at radius 1 is 1.43 bits per heavy atom. The van der Waals surface area contributed by atoms with Gasteiger partial charge in [-0.15, -0.1) is 6.58 Å². The van der Waals surface area contributed by atoms with Crippen LogP contribution in [0.5, 0.6) is 0 Å². The van der Waals surface area contributed by atoms with Crippen molar-refractivity contribution in [1.82, 2.24) is 0 Å². The summed E-state index contributed by atoms with van der Waals surface area (Å²) < 4.78 is 0. The molecule has 0 saturated carbocycles. The van der Waals surface area contributed by atoms with E-state index in [0.717, 1.165) is 0 Å². The predicted octanol–water partition coefficient (Wildman–Crippen LogP) is 2.25. The number of hydrogen-bond acceptors (Lipinski definition) is 0. The van der Waals surface area contributed by atoms with Gasteiger partial charge < -0.3 is 0 Å². The van der Waals surface area contributed by atoms with E-state index in [-0.39, 0.29) is 0 Å². The maximum Gasteiger partial charge on any atom is 0.293 e. The summed E-state index contributed by atoms with van der Waals surface area (Å²) in [6.07, 6.45) is 0. The summed E-state index contributed by atoms with van der Waals surface area (Å²) in [7, 11) is 0. The topological polar surface area (TPSA) is 0 Å². The standard InChI is InChI=1S/2C2H5.C2H3.Al/c3*1-2;/h2*1H2,2H3;1H,2H2;. The van der Waals surface area contributed by atoms with Gasteiger partial charge in [0.1, 0.15) is 0 Å². The largest absolute Gasteiger partial charge is 0.293 e. The molecule has 0 aromatic carbocycles. The van der Waals surface area contributed by atoms with Crippen molar-refractivity contribution in [1.29, 1.82) is 0 Å². The third-order valence-electron chi connectivity index (χ3n) is 1.38. The number of rotatable bonds is 3. The fourth-order valence-corrected chi connectivity index (χ4v) is 1.87. The van der Waals surface area contributed by atoms with Gasteiger partial charge in [0.2, 0.25) is 0 Å². The summed E-state index contributed by atoms with van der Waals surface area (Å²) in [5.41, 5.74) is 0. The van der Waals surface area contributed by atoms with Crippen molar-refractivity contribution in [3.05, 3.63) is 11.5 Å². The molecule has 0 amide bonds. The molecule has 0 saturated heterocycles. The van der Waals surface area contributed by atoms with Crippen LogP contribution in [0.2, 0.25) is 10.6 Å². The van der Waals surface area contributed by atoms with Gasteiger partial charge >= 0.3 is 0 Å². The van der Waals surface area contributed by atoms with Crippen LogP contribution in [-0.2, 0) is 0 Å². The summed E-state index contributed by atoms with van der Waals surface area (Å²) in [4.78, 5) is 2.17. The highest BCUT2D eigenvalue weighted by molar-refractivity contribution is 6.63. The normalized spacial score (nSPS) is 8.29. The molecular weight excluding hydrogens is 99.0 g/mol. The zero-order chi connectivity index (χ0) is 5.70. The van der Waals surface area contributed by atoms with Gasteiger partial charge in [-0.3, -0.25) is 0 Å². The third kappa shape index (κ3) is 2.91. The Hall–Kier alpha value is 0.272. The Labute approximate surface area is 50.6 Å². The van der Waals surface area contributed by atoms with Gasteiger partial charge in [0, 0.05) is 0 Å². The van der Waals surface area contributed by atoms with Crippen LogP contribution in [0.15, 0.2) is 11.5 Å². The van der Waals surface area contributed by atoms with Gasteiger partial charge in [0.25, 0.3) is 14.1 Å². The quantitative estimate of drug-likeness (QED) is 0.491. The molecule has 7 heavy (non-hydrogen) atoms. The average Bonchev–Trinajstić information content (AvgIpc) is 1.72. The average molecular weight is 112 g/mol. The Kier molecular flexibility index (Phi) is 4.60. The zero-order valence-electron chi connectivity index (χ0n) is 5.28. The monoisotopic (exact) mass is 112 g/mol. The van der Waals surface area contributed by atoms with Crippen molar-refractivity contribution in [2.75, 3.05) is 0 Å². The Morgan fingerprint density at radius 2 is 1.86 bits per heavy atom. The molecule has 0 aliphatic rings. The second-order valence-electron chi connectivity index (χ2n) is 1.81. The molecule has 0 nitrogen and oxygen atoms in total. The van der Waals surface area contributed by atoms with E-state index in [9.17, 15) is 0 Å². The molecule has 0 fully saturated rings. The Balaban J connectivity index is 3.16. The minimum atomic E-state index is -0.407. The van der Waals surface area contributed by atoms with Crippen molar-refractivity contribution >= 4 is 14.1 Å². The lowest BCUT2D eigenvalue weighted by atomic mass is 10.9. The molecule has 0 aromatic heterocycles. The summed E-state index contributed by atoms with van der Waals surface area (Å²) >= 11 is -0.407. The highest BCUT2D eigenvalue weighted by Crippen LogP contribution is 1.96. The molecule has 0 N–H and O–H groups in total. The van der Waals surface area contributed by atoms with Crippen LogP contribution in [0.1, 0.15) is 13.8 Å². The SMILES string of the molecule is C=[CH][Al]([CH2]C)[CH2]C. The number of hydrogen-bond donors (Lipinski definition) is 0. The molecule has 1 heteroatoms. The molecule has 0 unspecified atom stereocenters. The van der Waals surface area contributed by atoms with Crippen LogP contribution in [0, 0.1) is 0 Å². The summed E-state index contributed by atoms with van der Waals surface area (Å²) in [5.74, 6) is 0. The highest BCUT2D eigenvalue weighted by Gasteiger charge is 2.03. The predicted molar refractivity (Wildman–Crippen MR) is 36.9 cm³/mol. The molecule has 0 aliphatic carbocycles. The van der Waals surface area contributed by atoms with Gasteiger partial charge in [-0.1, -0.05) is 24.4 Å². The molecular formula is C6H13Al. The van der Waals surface area contributed by atoms with Crippen molar-refractivity contribution in [3.63, 3.8) is 0 Å². The van der Waals surface area contributed by atoms with Crippen LogP contribution in [-0.4, -0.2) is 14.1 Å². The first-order valence-corrected chi connectivity index (χ1v) is 5.27. The van der Waals surface area contributed by atoms with Crippen LogP contribution in [0.3, 0.4) is 0 Å². The fraction of sp³-hybridized carbons (Fsp3) is 0.667. The molecule has 40 valence electrons. The molecule has 0 aliphatic heterocycles. The van der Waals surface area contributed by atoms with Crippen LogP contribution in [0.25, 0.3) is 0 Å². The zero-order valence-corrected chi connectivity index (χ0v) is 6.43. The second kappa shape index (κ2) is 4.43. The van der Waals surface area contributed by atoms with E-state index in [1.807, 2.05) is 0 Å². The van der Waals surface area contributed by atoms with E-state index < -0.39 is 14.1 Å². The van der Waals surface area contributed by atoms with E-state index in [1.54, 1.807) is 0 Å². The molecule has 0 radical (unpaired) electrons. The highest BCUT2D eigenvalue weighted by atomic mass is 27.2. The molecule has 0 atom stereocenters. The maximum absolute atomic E-state index is 3.76. The third-order valence-corrected chi connectivity index (χ3v) is 4.15. The van der Waals surface area contributed by atoms with Crippen molar-refractivity contribution < 1.29 is 0 Å². The second-order valence-corrected chi connectivity index (χ2v) is 5.44. The van der Waals surface area contributed by atoms with E-state index in [1.165, 1.54) is 10.6 Å². The molecule has 0 bridgehead atoms. The molecule has 0 rings (SSSR count). The first-order valence-electron chi connectivity index (χ1n) is 2.97. The van der Waals surface area contributed by atoms with Gasteiger partial charge in [0.05, 0.1) is 0 Å². The summed E-state index contributed by atoms with van der Waals surface area (Å²) in [6.45, 7) is 8.27. The summed E-state index contributed by atoms with van der Waals surface area (Å²) in [6, 6.07) is 0. The van der Waals surface area contributed by atoms with Gasteiger partial charge in [0.15, 0.2) is 0 Å². The fourth-order valence-electron chi connectivity index (χ4n) is 0.622. The van der Waals surface area contributed by atoms with E-state index >= 15 is 0 Å². The molecule has 0 spiro atoms. The summed E-state index contributed by atoms with van der Waals surface area (Å²) in [5, 5.41) is 2.75. The molecule has 0 aromatic rings. The molecule has 0 heterocycles. The minimum absolute atomic E-state index is 0.407. The Morgan fingerprint density at radius 3 is 1.86 bits per heavy atom. The van der Waals surface area contributed by atoms with Gasteiger partial charge in [-0.05, 0) is 0 Å². The van der Waals surface area contributed by atoms with Gasteiger partial charge in [-0.25, -0.2) is 0 Å². The smallest absolute Gasteiger partial charge is 0.151 e. The minimum Gasteiger partial charge on any atom is -0.151 e. The van der Waals surface area contributed by atoms with Crippen molar-refractivity contribution in [2.24, 2.45) is 0 Å². The van der Waals surface area contributed by atoms with Gasteiger partial charge in [-0.2, -0.15) is 4.94 Å². The van der Waals surface area contributed by atoms with E-state index in [4.69, 9.17) is 0 Å². The van der Waals surface area contributed by atoms with Crippen LogP contribution in [0.4, 0.5) is 0 Å². The van der Waals surface area contributed by atoms with Crippen LogP contribution < -0.4 is 0 Å². The van der Waals surface area contributed by atoms with Crippen LogP contribution >= 0.6 is 0 Å². The maximum atomic E-state index is 3.76. The first-order chi connectivity index (χ1) is 3.35. The lowest BCUT2D eigenvalue weighted by Crippen LogP contribution is -2.02. The lowest BCUT2D eigenvalue weighted by Gasteiger charge is -1.92. The van der Waals surface area contributed by atoms with Crippen molar-refractivity contribution in [2.45, 2.75) is 24.4 Å². The van der Waals surface area contributed by atoms with E-state index in [2.05, 4.69) is 25.4 Å². The lowest BCUT2D eigenvalue weighted by molar-refractivity contribution is 1.33. The Bertz CT molecular complexity index is 46.1. The van der Waals surface area contributed by atoms with Crippen molar-refractivity contribution in [3.8, 4) is 0 Å².